The van der Waals surface area contributed by atoms with Gasteiger partial charge in [-0.05, 0) is 31.5 Å². The molecule has 2 amide bonds. The molecule has 0 saturated carbocycles. The van der Waals surface area contributed by atoms with E-state index in [9.17, 15) is 4.79 Å². The summed E-state index contributed by atoms with van der Waals surface area (Å²) in [7, 11) is 0. The standard InChI is InChI=1S/C16H16BrClN2O2/c1-16(2,11-6-4-3-5-7-11)19-15(21)20-22-14-9-12(17)8-13(18)10-14/h3-10H,1-2H3,(H2,19,20,21). The van der Waals surface area contributed by atoms with Crippen LogP contribution in [0, 0.1) is 0 Å². The van der Waals surface area contributed by atoms with Gasteiger partial charge in [0.2, 0.25) is 0 Å². The Labute approximate surface area is 142 Å². The minimum absolute atomic E-state index is 0.437. The van der Waals surface area contributed by atoms with Crippen molar-refractivity contribution >= 4 is 33.6 Å². The number of nitrogens with one attached hydrogen (secondary N) is 2. The van der Waals surface area contributed by atoms with E-state index in [4.69, 9.17) is 16.4 Å². The quantitative estimate of drug-likeness (QED) is 0.756. The summed E-state index contributed by atoms with van der Waals surface area (Å²) in [6.45, 7) is 3.83. The maximum Gasteiger partial charge on any atom is 0.348 e. The first-order valence-electron chi connectivity index (χ1n) is 6.63. The number of rotatable bonds is 4. The summed E-state index contributed by atoms with van der Waals surface area (Å²) in [4.78, 5) is 17.2. The summed E-state index contributed by atoms with van der Waals surface area (Å²) in [5.74, 6) is 0.437. The fourth-order valence-corrected chi connectivity index (χ4v) is 2.76. The maximum atomic E-state index is 12.0. The largest absolute Gasteiger partial charge is 0.378 e. The van der Waals surface area contributed by atoms with Gasteiger partial charge in [0.15, 0.2) is 5.75 Å². The van der Waals surface area contributed by atoms with Gasteiger partial charge in [0.05, 0.1) is 5.54 Å². The molecule has 0 spiro atoms. The van der Waals surface area contributed by atoms with Crippen molar-refractivity contribution in [3.63, 3.8) is 0 Å². The highest BCUT2D eigenvalue weighted by atomic mass is 79.9. The van der Waals surface area contributed by atoms with Crippen molar-refractivity contribution in [2.24, 2.45) is 0 Å². The number of carbonyl (C=O) groups is 1. The molecule has 0 fully saturated rings. The first-order valence-corrected chi connectivity index (χ1v) is 7.80. The molecule has 4 nitrogen and oxygen atoms in total. The van der Waals surface area contributed by atoms with Gasteiger partial charge in [-0.1, -0.05) is 57.9 Å². The number of benzene rings is 2. The summed E-state index contributed by atoms with van der Waals surface area (Å²) in [6.07, 6.45) is 0. The molecule has 0 unspecified atom stereocenters. The molecule has 0 aromatic heterocycles. The summed E-state index contributed by atoms with van der Waals surface area (Å²) >= 11 is 9.22. The molecule has 116 valence electrons. The van der Waals surface area contributed by atoms with Crippen LogP contribution in [-0.2, 0) is 5.54 Å². The monoisotopic (exact) mass is 382 g/mol. The van der Waals surface area contributed by atoms with Crippen molar-refractivity contribution in [2.75, 3.05) is 0 Å². The van der Waals surface area contributed by atoms with Crippen molar-refractivity contribution in [2.45, 2.75) is 19.4 Å². The molecule has 0 aliphatic rings. The summed E-state index contributed by atoms with van der Waals surface area (Å²) in [5, 5.41) is 3.36. The fraction of sp³-hybridized carbons (Fsp3) is 0.188. The molecule has 0 bridgehead atoms. The Morgan fingerprint density at radius 1 is 1.18 bits per heavy atom. The highest BCUT2D eigenvalue weighted by Gasteiger charge is 2.22. The molecule has 0 saturated heterocycles. The second kappa shape index (κ2) is 7.03. The van der Waals surface area contributed by atoms with Crippen LogP contribution >= 0.6 is 27.5 Å². The molecule has 6 heteroatoms. The van der Waals surface area contributed by atoms with Crippen LogP contribution in [0.15, 0.2) is 53.0 Å². The predicted octanol–water partition coefficient (Wildman–Crippen LogP) is 4.63. The topological polar surface area (TPSA) is 50.4 Å². The van der Waals surface area contributed by atoms with Gasteiger partial charge in [-0.2, -0.15) is 5.48 Å². The van der Waals surface area contributed by atoms with E-state index in [0.29, 0.717) is 10.8 Å². The van der Waals surface area contributed by atoms with Crippen LogP contribution in [0.4, 0.5) is 4.79 Å². The van der Waals surface area contributed by atoms with E-state index in [1.807, 2.05) is 44.2 Å². The summed E-state index contributed by atoms with van der Waals surface area (Å²) in [6, 6.07) is 14.3. The summed E-state index contributed by atoms with van der Waals surface area (Å²) in [5.41, 5.74) is 2.82. The van der Waals surface area contributed by atoms with E-state index < -0.39 is 11.6 Å². The van der Waals surface area contributed by atoms with E-state index in [1.165, 1.54) is 0 Å². The van der Waals surface area contributed by atoms with Crippen LogP contribution in [0.3, 0.4) is 0 Å². The third-order valence-corrected chi connectivity index (χ3v) is 3.70. The van der Waals surface area contributed by atoms with Crippen LogP contribution in [-0.4, -0.2) is 6.03 Å². The number of amides is 2. The van der Waals surface area contributed by atoms with Gasteiger partial charge in [0.25, 0.3) is 0 Å². The first-order chi connectivity index (χ1) is 10.4. The molecule has 0 atom stereocenters. The zero-order valence-electron chi connectivity index (χ0n) is 12.2. The van der Waals surface area contributed by atoms with Crippen molar-refractivity contribution in [1.29, 1.82) is 0 Å². The Morgan fingerprint density at radius 3 is 2.50 bits per heavy atom. The lowest BCUT2D eigenvalue weighted by Gasteiger charge is -2.26. The van der Waals surface area contributed by atoms with Crippen LogP contribution in [0.2, 0.25) is 5.02 Å². The van der Waals surface area contributed by atoms with E-state index >= 15 is 0 Å². The summed E-state index contributed by atoms with van der Waals surface area (Å²) < 4.78 is 0.766. The smallest absolute Gasteiger partial charge is 0.348 e. The SMILES string of the molecule is CC(C)(NC(=O)NOc1cc(Cl)cc(Br)c1)c1ccccc1. The van der Waals surface area contributed by atoms with Crippen molar-refractivity contribution in [1.82, 2.24) is 10.8 Å². The lowest BCUT2D eigenvalue weighted by molar-refractivity contribution is 0.169. The molecule has 2 aromatic rings. The highest BCUT2D eigenvalue weighted by molar-refractivity contribution is 9.10. The number of hydrogen-bond acceptors (Lipinski definition) is 2. The molecule has 2 rings (SSSR count). The van der Waals surface area contributed by atoms with Crippen molar-refractivity contribution in [3.8, 4) is 5.75 Å². The molecule has 2 aromatic carbocycles. The lowest BCUT2D eigenvalue weighted by atomic mass is 9.95. The van der Waals surface area contributed by atoms with Gasteiger partial charge in [-0.15, -0.1) is 0 Å². The Morgan fingerprint density at radius 2 is 1.86 bits per heavy atom. The molecule has 0 radical (unpaired) electrons. The Hall–Kier alpha value is -1.72. The van der Waals surface area contributed by atoms with E-state index in [-0.39, 0.29) is 0 Å². The van der Waals surface area contributed by atoms with Crippen LogP contribution < -0.4 is 15.6 Å². The van der Waals surface area contributed by atoms with E-state index in [2.05, 4.69) is 26.7 Å². The predicted molar refractivity (Wildman–Crippen MR) is 90.9 cm³/mol. The van der Waals surface area contributed by atoms with Crippen LogP contribution in [0.25, 0.3) is 0 Å². The maximum absolute atomic E-state index is 12.0. The molecule has 0 heterocycles. The van der Waals surface area contributed by atoms with Crippen LogP contribution in [0.5, 0.6) is 5.75 Å². The normalized spacial score (nSPS) is 10.9. The zero-order valence-corrected chi connectivity index (χ0v) is 14.5. The van der Waals surface area contributed by atoms with Crippen LogP contribution in [0.1, 0.15) is 19.4 Å². The molecule has 0 aliphatic carbocycles. The van der Waals surface area contributed by atoms with Gasteiger partial charge >= 0.3 is 6.03 Å². The second-order valence-electron chi connectivity index (χ2n) is 5.25. The average Bonchev–Trinajstić information content (AvgIpc) is 2.45. The van der Waals surface area contributed by atoms with Gasteiger partial charge < -0.3 is 10.2 Å². The number of halogens is 2. The Kier molecular flexibility index (Phi) is 5.32. The molecular formula is C16H16BrClN2O2. The average molecular weight is 384 g/mol. The molecule has 22 heavy (non-hydrogen) atoms. The number of hydrogen-bond donors (Lipinski definition) is 2. The lowest BCUT2D eigenvalue weighted by Crippen LogP contribution is -2.47. The van der Waals surface area contributed by atoms with E-state index in [1.54, 1.807) is 18.2 Å². The first kappa shape index (κ1) is 16.6. The van der Waals surface area contributed by atoms with E-state index in [0.717, 1.165) is 10.0 Å². The number of urea groups is 1. The number of hydroxylamine groups is 1. The zero-order chi connectivity index (χ0) is 16.2. The van der Waals surface area contributed by atoms with Gasteiger partial charge in [-0.25, -0.2) is 4.79 Å². The molecular weight excluding hydrogens is 368 g/mol. The Balaban J connectivity index is 1.95. The third-order valence-electron chi connectivity index (χ3n) is 3.02. The third kappa shape index (κ3) is 4.64. The van der Waals surface area contributed by atoms with Crippen molar-refractivity contribution in [3.05, 3.63) is 63.6 Å². The highest BCUT2D eigenvalue weighted by Crippen LogP contribution is 2.24. The fourth-order valence-electron chi connectivity index (χ4n) is 1.93. The van der Waals surface area contributed by atoms with Crippen molar-refractivity contribution < 1.29 is 9.63 Å². The Bertz CT molecular complexity index is 642. The van der Waals surface area contributed by atoms with Gasteiger partial charge in [0, 0.05) is 15.6 Å². The van der Waals surface area contributed by atoms with Gasteiger partial charge in [0.1, 0.15) is 0 Å². The second-order valence-corrected chi connectivity index (χ2v) is 6.61. The minimum atomic E-state index is -0.524. The minimum Gasteiger partial charge on any atom is -0.378 e. The molecule has 0 aliphatic heterocycles. The number of carbonyl (C=O) groups excluding carboxylic acids is 1. The van der Waals surface area contributed by atoms with Gasteiger partial charge in [-0.3, -0.25) is 0 Å². The molecule has 2 N–H and O–H groups in total.